The van der Waals surface area contributed by atoms with Gasteiger partial charge in [-0.2, -0.15) is 4.72 Å². The number of terminal acetylenes is 1. The summed E-state index contributed by atoms with van der Waals surface area (Å²) in [4.78, 5) is 9.92. The normalized spacial score (nSPS) is 17.9. The van der Waals surface area contributed by atoms with Crippen molar-refractivity contribution in [2.45, 2.75) is 42.5 Å². The van der Waals surface area contributed by atoms with E-state index in [0.29, 0.717) is 12.8 Å². The highest BCUT2D eigenvalue weighted by Crippen LogP contribution is 2.31. The molecule has 0 spiro atoms. The van der Waals surface area contributed by atoms with Crippen LogP contribution in [0.25, 0.3) is 0 Å². The summed E-state index contributed by atoms with van der Waals surface area (Å²) < 4.78 is 27.5. The van der Waals surface area contributed by atoms with Crippen molar-refractivity contribution in [3.8, 4) is 12.3 Å². The van der Waals surface area contributed by atoms with E-state index < -0.39 is 26.2 Å². The monoisotopic (exact) mass is 308 g/mol. The predicted octanol–water partition coefficient (Wildman–Crippen LogP) is 2.21. The van der Waals surface area contributed by atoms with E-state index in [1.165, 1.54) is 18.2 Å². The average Bonchev–Trinajstić information content (AvgIpc) is 2.47. The summed E-state index contributed by atoms with van der Waals surface area (Å²) in [5.41, 5.74) is -1.39. The molecule has 1 aromatic carbocycles. The number of nitrogens with one attached hydrogen (secondary N) is 1. The Morgan fingerprint density at radius 3 is 2.43 bits per heavy atom. The molecule has 0 aliphatic heterocycles. The number of hydrogen-bond donors (Lipinski definition) is 1. The molecular weight excluding hydrogens is 292 g/mol. The molecule has 1 aromatic rings. The summed E-state index contributed by atoms with van der Waals surface area (Å²) in [6.07, 6.45) is 9.28. The summed E-state index contributed by atoms with van der Waals surface area (Å²) in [6, 6.07) is 5.26. The molecule has 0 bridgehead atoms. The van der Waals surface area contributed by atoms with Crippen LogP contribution in [0.5, 0.6) is 0 Å². The molecule has 1 saturated carbocycles. The number of nitro groups is 1. The van der Waals surface area contributed by atoms with E-state index in [9.17, 15) is 18.5 Å². The molecular formula is C14H16N2O4S. The lowest BCUT2D eigenvalue weighted by atomic mass is 9.83. The van der Waals surface area contributed by atoms with Gasteiger partial charge in [0.2, 0.25) is 10.0 Å². The second kappa shape index (κ2) is 5.84. The van der Waals surface area contributed by atoms with E-state index in [0.717, 1.165) is 25.3 Å². The third kappa shape index (κ3) is 3.23. The molecule has 2 rings (SSSR count). The maximum absolute atomic E-state index is 12.5. The molecule has 21 heavy (non-hydrogen) atoms. The minimum absolute atomic E-state index is 0.352. The summed E-state index contributed by atoms with van der Waals surface area (Å²) in [6.45, 7) is 0. The van der Waals surface area contributed by atoms with Gasteiger partial charge in [0.1, 0.15) is 0 Å². The average molecular weight is 308 g/mol. The second-order valence-electron chi connectivity index (χ2n) is 5.12. The number of nitrogens with zero attached hydrogens (tertiary/aromatic N) is 1. The van der Waals surface area contributed by atoms with E-state index in [4.69, 9.17) is 6.42 Å². The van der Waals surface area contributed by atoms with Crippen LogP contribution < -0.4 is 4.72 Å². The summed E-state index contributed by atoms with van der Waals surface area (Å²) >= 11 is 0. The van der Waals surface area contributed by atoms with Crippen LogP contribution in [0.3, 0.4) is 0 Å². The highest BCUT2D eigenvalue weighted by atomic mass is 32.2. The molecule has 0 amide bonds. The number of rotatable bonds is 4. The van der Waals surface area contributed by atoms with Crippen LogP contribution in [0, 0.1) is 22.5 Å². The third-order valence-electron chi connectivity index (χ3n) is 3.66. The third-order valence-corrected chi connectivity index (χ3v) is 5.25. The Bertz CT molecular complexity index is 685. The minimum Gasteiger partial charge on any atom is -0.258 e. The van der Waals surface area contributed by atoms with Gasteiger partial charge in [0, 0.05) is 6.07 Å². The quantitative estimate of drug-likeness (QED) is 0.524. The first kappa shape index (κ1) is 15.5. The highest BCUT2D eigenvalue weighted by Gasteiger charge is 2.37. The van der Waals surface area contributed by atoms with Crippen molar-refractivity contribution in [1.29, 1.82) is 0 Å². The van der Waals surface area contributed by atoms with Crippen molar-refractivity contribution >= 4 is 15.7 Å². The molecule has 0 atom stereocenters. The first-order valence-electron chi connectivity index (χ1n) is 6.65. The standard InChI is InChI=1S/C14H16N2O4S/c1-2-14(10-6-3-7-11-14)15-21(19,20)13-9-5-4-8-12(13)16(17)18/h1,4-5,8-9,15H,3,6-7,10-11H2. The van der Waals surface area contributed by atoms with Gasteiger partial charge in [-0.25, -0.2) is 8.42 Å². The van der Waals surface area contributed by atoms with Crippen molar-refractivity contribution in [2.75, 3.05) is 0 Å². The minimum atomic E-state index is -4.04. The Kier molecular flexibility index (Phi) is 4.30. The molecule has 0 heterocycles. The lowest BCUT2D eigenvalue weighted by Gasteiger charge is -2.32. The second-order valence-corrected chi connectivity index (χ2v) is 6.77. The van der Waals surface area contributed by atoms with Gasteiger partial charge in [-0.15, -0.1) is 6.42 Å². The Hall–Kier alpha value is -1.91. The van der Waals surface area contributed by atoms with E-state index in [-0.39, 0.29) is 4.90 Å². The van der Waals surface area contributed by atoms with Gasteiger partial charge in [0.25, 0.3) is 5.69 Å². The fourth-order valence-electron chi connectivity index (χ4n) is 2.58. The zero-order chi connectivity index (χ0) is 15.5. The number of hydrogen-bond acceptors (Lipinski definition) is 4. The molecule has 7 heteroatoms. The van der Waals surface area contributed by atoms with Crippen LogP contribution in [-0.4, -0.2) is 18.9 Å². The van der Waals surface area contributed by atoms with Crippen molar-refractivity contribution < 1.29 is 13.3 Å². The lowest BCUT2D eigenvalue weighted by molar-refractivity contribution is -0.387. The first-order valence-corrected chi connectivity index (χ1v) is 8.14. The van der Waals surface area contributed by atoms with Crippen LogP contribution in [-0.2, 0) is 10.0 Å². The highest BCUT2D eigenvalue weighted by molar-refractivity contribution is 7.89. The molecule has 0 unspecified atom stereocenters. The van der Waals surface area contributed by atoms with Gasteiger partial charge in [-0.3, -0.25) is 10.1 Å². The van der Waals surface area contributed by atoms with Gasteiger partial charge < -0.3 is 0 Å². The fourth-order valence-corrected chi connectivity index (χ4v) is 4.14. The van der Waals surface area contributed by atoms with Crippen molar-refractivity contribution in [1.82, 2.24) is 4.72 Å². The van der Waals surface area contributed by atoms with E-state index >= 15 is 0 Å². The fraction of sp³-hybridized carbons (Fsp3) is 0.429. The summed E-state index contributed by atoms with van der Waals surface area (Å²) in [7, 11) is -4.04. The van der Waals surface area contributed by atoms with Crippen molar-refractivity contribution in [2.24, 2.45) is 0 Å². The SMILES string of the molecule is C#CC1(NS(=O)(=O)c2ccccc2[N+](=O)[O-])CCCCC1. The number of sulfonamides is 1. The van der Waals surface area contributed by atoms with Gasteiger partial charge >= 0.3 is 0 Å². The molecule has 1 N–H and O–H groups in total. The summed E-state index contributed by atoms with van der Waals surface area (Å²) in [5, 5.41) is 11.0. The molecule has 1 fully saturated rings. The van der Waals surface area contributed by atoms with Crippen LogP contribution >= 0.6 is 0 Å². The maximum Gasteiger partial charge on any atom is 0.289 e. The largest absolute Gasteiger partial charge is 0.289 e. The first-order chi connectivity index (χ1) is 9.90. The molecule has 0 saturated heterocycles. The number of para-hydroxylation sites is 1. The van der Waals surface area contributed by atoms with Crippen LogP contribution in [0.15, 0.2) is 29.2 Å². The molecule has 0 aromatic heterocycles. The Labute approximate surface area is 123 Å². The molecule has 1 aliphatic carbocycles. The van der Waals surface area contributed by atoms with Gasteiger partial charge in [-0.1, -0.05) is 37.3 Å². The lowest BCUT2D eigenvalue weighted by Crippen LogP contribution is -2.48. The van der Waals surface area contributed by atoms with Gasteiger partial charge in [0.05, 0.1) is 10.5 Å². The van der Waals surface area contributed by atoms with Crippen LogP contribution in [0.4, 0.5) is 5.69 Å². The van der Waals surface area contributed by atoms with Crippen LogP contribution in [0.2, 0.25) is 0 Å². The van der Waals surface area contributed by atoms with E-state index in [2.05, 4.69) is 10.6 Å². The smallest absolute Gasteiger partial charge is 0.258 e. The molecule has 1 aliphatic rings. The molecule has 0 radical (unpaired) electrons. The number of nitro benzene ring substituents is 1. The Morgan fingerprint density at radius 1 is 1.24 bits per heavy atom. The van der Waals surface area contributed by atoms with Crippen LogP contribution in [0.1, 0.15) is 32.1 Å². The molecule has 6 nitrogen and oxygen atoms in total. The number of benzene rings is 1. The topological polar surface area (TPSA) is 89.3 Å². The maximum atomic E-state index is 12.5. The van der Waals surface area contributed by atoms with E-state index in [1.807, 2.05) is 0 Å². The van der Waals surface area contributed by atoms with Crippen molar-refractivity contribution in [3.63, 3.8) is 0 Å². The molecule has 112 valence electrons. The van der Waals surface area contributed by atoms with Crippen molar-refractivity contribution in [3.05, 3.63) is 34.4 Å². The van der Waals surface area contributed by atoms with Gasteiger partial charge in [0.15, 0.2) is 4.90 Å². The predicted molar refractivity (Wildman–Crippen MR) is 78.1 cm³/mol. The zero-order valence-electron chi connectivity index (χ0n) is 11.4. The van der Waals surface area contributed by atoms with Gasteiger partial charge in [-0.05, 0) is 18.9 Å². The Balaban J connectivity index is 2.39. The van der Waals surface area contributed by atoms with E-state index in [1.54, 1.807) is 0 Å². The summed E-state index contributed by atoms with van der Waals surface area (Å²) in [5.74, 6) is 2.53. The zero-order valence-corrected chi connectivity index (χ0v) is 12.2. The Morgan fingerprint density at radius 2 is 1.86 bits per heavy atom.